The highest BCUT2D eigenvalue weighted by Gasteiger charge is 2.35. The van der Waals surface area contributed by atoms with Gasteiger partial charge in [0.2, 0.25) is 0 Å². The van der Waals surface area contributed by atoms with Crippen LogP contribution in [0.4, 0.5) is 14.9 Å². The zero-order valence-electron chi connectivity index (χ0n) is 12.5. The van der Waals surface area contributed by atoms with Crippen molar-refractivity contribution < 1.29 is 19.1 Å². The van der Waals surface area contributed by atoms with Crippen molar-refractivity contribution >= 4 is 17.7 Å². The first-order valence-corrected chi connectivity index (χ1v) is 6.89. The van der Waals surface area contributed by atoms with E-state index < -0.39 is 23.2 Å². The molecule has 5 nitrogen and oxygen atoms in total. The average molecular weight is 296 g/mol. The molecule has 0 bridgehead atoms. The van der Waals surface area contributed by atoms with Crippen LogP contribution in [0.5, 0.6) is 0 Å². The lowest BCUT2D eigenvalue weighted by molar-refractivity contribution is -0.149. The van der Waals surface area contributed by atoms with Crippen LogP contribution < -0.4 is 10.6 Å². The molecule has 0 saturated heterocycles. The van der Waals surface area contributed by atoms with Crippen LogP contribution in [0.15, 0.2) is 18.2 Å². The number of anilines is 1. The van der Waals surface area contributed by atoms with E-state index in [1.54, 1.807) is 26.8 Å². The summed E-state index contributed by atoms with van der Waals surface area (Å²) < 4.78 is 13.5. The van der Waals surface area contributed by atoms with Gasteiger partial charge in [-0.15, -0.1) is 0 Å². The van der Waals surface area contributed by atoms with E-state index in [1.807, 2.05) is 0 Å². The van der Waals surface area contributed by atoms with Gasteiger partial charge in [0.15, 0.2) is 0 Å². The highest BCUT2D eigenvalue weighted by atomic mass is 19.1. The Bertz CT molecular complexity index is 528. The molecule has 0 unspecified atom stereocenters. The van der Waals surface area contributed by atoms with E-state index in [2.05, 4.69) is 10.6 Å². The van der Waals surface area contributed by atoms with Crippen molar-refractivity contribution in [2.24, 2.45) is 5.41 Å². The molecule has 2 amide bonds. The maximum absolute atomic E-state index is 13.5. The van der Waals surface area contributed by atoms with Crippen LogP contribution in [0.3, 0.4) is 0 Å². The number of benzene rings is 1. The molecule has 1 rings (SSSR count). The molecule has 0 aliphatic heterocycles. The first-order chi connectivity index (χ1) is 9.84. The quantitative estimate of drug-likeness (QED) is 0.754. The number of carboxylic acids is 1. The van der Waals surface area contributed by atoms with Crippen LogP contribution in [0.1, 0.15) is 32.3 Å². The number of carbonyl (C=O) groups is 2. The van der Waals surface area contributed by atoms with E-state index in [-0.39, 0.29) is 12.2 Å². The largest absolute Gasteiger partial charge is 0.481 e. The molecule has 6 heteroatoms. The molecular weight excluding hydrogens is 275 g/mol. The second-order valence-corrected chi connectivity index (χ2v) is 5.08. The van der Waals surface area contributed by atoms with Crippen LogP contribution in [-0.2, 0) is 4.79 Å². The third-order valence-corrected chi connectivity index (χ3v) is 3.76. The van der Waals surface area contributed by atoms with Gasteiger partial charge in [0, 0.05) is 6.54 Å². The summed E-state index contributed by atoms with van der Waals surface area (Å²) in [4.78, 5) is 23.1. The summed E-state index contributed by atoms with van der Waals surface area (Å²) in [7, 11) is 0. The van der Waals surface area contributed by atoms with E-state index in [4.69, 9.17) is 0 Å². The Balaban J connectivity index is 2.70. The molecule has 3 N–H and O–H groups in total. The molecule has 0 aliphatic carbocycles. The number of carboxylic acid groups (broad SMARTS) is 1. The number of amides is 2. The van der Waals surface area contributed by atoms with Crippen molar-refractivity contribution in [3.05, 3.63) is 29.6 Å². The van der Waals surface area contributed by atoms with Gasteiger partial charge in [-0.1, -0.05) is 19.9 Å². The molecule has 0 radical (unpaired) electrons. The van der Waals surface area contributed by atoms with Gasteiger partial charge in [-0.25, -0.2) is 9.18 Å². The molecule has 116 valence electrons. The Labute approximate surface area is 123 Å². The smallest absolute Gasteiger partial charge is 0.319 e. The molecule has 1 aromatic carbocycles. The lowest BCUT2D eigenvalue weighted by Gasteiger charge is -2.26. The number of nitrogens with one attached hydrogen (secondary N) is 2. The maximum atomic E-state index is 13.5. The van der Waals surface area contributed by atoms with Crippen LogP contribution >= 0.6 is 0 Å². The van der Waals surface area contributed by atoms with Crippen LogP contribution in [-0.4, -0.2) is 23.7 Å². The molecule has 21 heavy (non-hydrogen) atoms. The molecule has 0 fully saturated rings. The fourth-order valence-electron chi connectivity index (χ4n) is 2.03. The summed E-state index contributed by atoms with van der Waals surface area (Å²) >= 11 is 0. The monoisotopic (exact) mass is 296 g/mol. The van der Waals surface area contributed by atoms with E-state index in [9.17, 15) is 19.1 Å². The summed E-state index contributed by atoms with van der Waals surface area (Å²) in [6.45, 7) is 5.30. The first kappa shape index (κ1) is 16.9. The number of hydrogen-bond donors (Lipinski definition) is 3. The van der Waals surface area contributed by atoms with E-state index >= 15 is 0 Å². The van der Waals surface area contributed by atoms with Crippen LogP contribution in [0.25, 0.3) is 0 Å². The Hall–Kier alpha value is -2.11. The lowest BCUT2D eigenvalue weighted by Crippen LogP contribution is -2.43. The molecule has 1 aromatic rings. The number of rotatable bonds is 6. The Morgan fingerprint density at radius 3 is 2.43 bits per heavy atom. The van der Waals surface area contributed by atoms with Gasteiger partial charge in [0.05, 0.1) is 11.1 Å². The predicted molar refractivity (Wildman–Crippen MR) is 78.8 cm³/mol. The van der Waals surface area contributed by atoms with Crippen molar-refractivity contribution in [3.63, 3.8) is 0 Å². The number of aliphatic carboxylic acids is 1. The highest BCUT2D eigenvalue weighted by molar-refractivity contribution is 5.90. The van der Waals surface area contributed by atoms with E-state index in [1.165, 1.54) is 12.1 Å². The minimum atomic E-state index is -0.998. The average Bonchev–Trinajstić information content (AvgIpc) is 2.44. The van der Waals surface area contributed by atoms with Crippen molar-refractivity contribution in [1.29, 1.82) is 0 Å². The fourth-order valence-corrected chi connectivity index (χ4v) is 2.03. The molecule has 0 aliphatic rings. The van der Waals surface area contributed by atoms with Crippen molar-refractivity contribution in [1.82, 2.24) is 5.32 Å². The predicted octanol–water partition coefficient (Wildman–Crippen LogP) is 3.15. The molecule has 0 saturated carbocycles. The highest BCUT2D eigenvalue weighted by Crippen LogP contribution is 2.25. The number of hydrogen-bond acceptors (Lipinski definition) is 2. The van der Waals surface area contributed by atoms with Crippen LogP contribution in [0.2, 0.25) is 0 Å². The Kier molecular flexibility index (Phi) is 5.69. The van der Waals surface area contributed by atoms with Gasteiger partial charge in [0.25, 0.3) is 0 Å². The summed E-state index contributed by atoms with van der Waals surface area (Å²) in [5.41, 5.74) is -0.113. The van der Waals surface area contributed by atoms with Gasteiger partial charge in [-0.05, 0) is 37.5 Å². The Morgan fingerprint density at radius 1 is 1.29 bits per heavy atom. The topological polar surface area (TPSA) is 78.4 Å². The SMILES string of the molecule is CCC(CC)(CNC(=O)Nc1cc(C)ccc1F)C(=O)O. The molecule has 0 aromatic heterocycles. The number of urea groups is 1. The maximum Gasteiger partial charge on any atom is 0.319 e. The number of carbonyl (C=O) groups excluding carboxylic acids is 1. The van der Waals surface area contributed by atoms with Crippen LogP contribution in [0, 0.1) is 18.2 Å². The van der Waals surface area contributed by atoms with Gasteiger partial charge >= 0.3 is 12.0 Å². The van der Waals surface area contributed by atoms with Gasteiger partial charge in [-0.2, -0.15) is 0 Å². The molecule has 0 heterocycles. The van der Waals surface area contributed by atoms with Gasteiger partial charge in [0.1, 0.15) is 5.82 Å². The lowest BCUT2D eigenvalue weighted by atomic mass is 9.82. The molecule has 0 spiro atoms. The third-order valence-electron chi connectivity index (χ3n) is 3.76. The molecular formula is C15H21FN2O3. The molecule has 0 atom stereocenters. The minimum Gasteiger partial charge on any atom is -0.481 e. The summed E-state index contributed by atoms with van der Waals surface area (Å²) in [5.74, 6) is -1.49. The van der Waals surface area contributed by atoms with Crippen molar-refractivity contribution in [2.75, 3.05) is 11.9 Å². The number of aryl methyl sites for hydroxylation is 1. The normalized spacial score (nSPS) is 11.0. The minimum absolute atomic E-state index is 0.00536. The second-order valence-electron chi connectivity index (χ2n) is 5.08. The Morgan fingerprint density at radius 2 is 1.90 bits per heavy atom. The zero-order valence-corrected chi connectivity index (χ0v) is 12.5. The van der Waals surface area contributed by atoms with Crippen molar-refractivity contribution in [2.45, 2.75) is 33.6 Å². The summed E-state index contributed by atoms with van der Waals surface area (Å²) in [6, 6.07) is 3.76. The second kappa shape index (κ2) is 7.06. The first-order valence-electron chi connectivity index (χ1n) is 6.89. The standard InChI is InChI=1S/C15H21FN2O3/c1-4-15(5-2,13(19)20)9-17-14(21)18-12-8-10(3)6-7-11(12)16/h6-8H,4-5,9H2,1-3H3,(H,19,20)(H2,17,18,21). The zero-order chi connectivity index (χ0) is 16.0. The van der Waals surface area contributed by atoms with Gasteiger partial charge < -0.3 is 15.7 Å². The summed E-state index contributed by atoms with van der Waals surface area (Å²) in [5, 5.41) is 14.2. The number of halogens is 1. The third kappa shape index (κ3) is 4.18. The fraction of sp³-hybridized carbons (Fsp3) is 0.467. The van der Waals surface area contributed by atoms with Crippen molar-refractivity contribution in [3.8, 4) is 0 Å². The van der Waals surface area contributed by atoms with E-state index in [0.717, 1.165) is 5.56 Å². The van der Waals surface area contributed by atoms with E-state index in [0.29, 0.717) is 12.8 Å². The summed E-state index contributed by atoms with van der Waals surface area (Å²) in [6.07, 6.45) is 0.801. The van der Waals surface area contributed by atoms with Gasteiger partial charge in [-0.3, -0.25) is 4.79 Å².